The smallest absolute Gasteiger partial charge is 0.872 e. The van der Waals surface area contributed by atoms with Gasteiger partial charge in [0.1, 0.15) is 0 Å². The van der Waals surface area contributed by atoms with E-state index in [1.54, 1.807) is 24.3 Å². The van der Waals surface area contributed by atoms with Crippen LogP contribution in [0.3, 0.4) is 0 Å². The van der Waals surface area contributed by atoms with E-state index in [9.17, 15) is 10.2 Å². The van der Waals surface area contributed by atoms with Crippen molar-refractivity contribution in [3.8, 4) is 11.5 Å². The first-order valence-corrected chi connectivity index (χ1v) is 9.30. The zero-order chi connectivity index (χ0) is 19.6. The number of rotatable bonds is 4. The molecule has 0 amide bonds. The molecule has 4 aromatic rings. The van der Waals surface area contributed by atoms with Crippen molar-refractivity contribution in [3.63, 3.8) is 0 Å². The molecule has 0 saturated heterocycles. The minimum Gasteiger partial charge on any atom is -0.872 e. The van der Waals surface area contributed by atoms with E-state index in [0.29, 0.717) is 0 Å². The molecule has 0 aromatic heterocycles. The van der Waals surface area contributed by atoms with E-state index >= 15 is 0 Å². The van der Waals surface area contributed by atoms with Crippen LogP contribution in [0.15, 0.2) is 109 Å². The Bertz CT molecular complexity index is 902. The third kappa shape index (κ3) is 7.29. The monoisotopic (exact) mass is 390 g/mol. The minimum atomic E-state index is 0. The Morgan fingerprint density at radius 1 is 0.414 bits per heavy atom. The molecule has 0 bridgehead atoms. The van der Waals surface area contributed by atoms with E-state index in [0.717, 1.165) is 24.0 Å². The van der Waals surface area contributed by atoms with Gasteiger partial charge in [0.15, 0.2) is 0 Å². The molecule has 0 unspecified atom stereocenters. The van der Waals surface area contributed by atoms with Crippen molar-refractivity contribution in [3.05, 3.63) is 131 Å². The molecule has 0 spiro atoms. The van der Waals surface area contributed by atoms with E-state index in [1.807, 2.05) is 84.9 Å². The van der Waals surface area contributed by atoms with Crippen molar-refractivity contribution in [2.45, 2.75) is 12.8 Å². The number of para-hydroxylation sites is 2. The van der Waals surface area contributed by atoms with Gasteiger partial charge in [-0.15, -0.1) is 11.5 Å². The van der Waals surface area contributed by atoms with Crippen molar-refractivity contribution in [1.82, 2.24) is 0 Å². The Morgan fingerprint density at radius 3 is 1.07 bits per heavy atom. The first-order chi connectivity index (χ1) is 13.7. The summed E-state index contributed by atoms with van der Waals surface area (Å²) < 4.78 is 0. The number of benzene rings is 4. The quantitative estimate of drug-likeness (QED) is 0.487. The van der Waals surface area contributed by atoms with Crippen LogP contribution < -0.4 is 10.2 Å². The maximum absolute atomic E-state index is 11.4. The van der Waals surface area contributed by atoms with E-state index in [2.05, 4.69) is 0 Å². The van der Waals surface area contributed by atoms with Gasteiger partial charge in [0.2, 0.25) is 0 Å². The molecule has 4 aromatic carbocycles. The molecule has 0 fully saturated rings. The summed E-state index contributed by atoms with van der Waals surface area (Å²) in [5.74, 6) is 0.243. The van der Waals surface area contributed by atoms with Crippen LogP contribution in [-0.4, -0.2) is 23.1 Å². The Labute approximate surface area is 188 Å². The normalized spacial score (nSPS) is 9.66. The van der Waals surface area contributed by atoms with Crippen molar-refractivity contribution in [2.75, 3.05) is 0 Å². The Hall–Kier alpha value is -2.75. The van der Waals surface area contributed by atoms with Crippen molar-refractivity contribution < 1.29 is 10.2 Å². The summed E-state index contributed by atoms with van der Waals surface area (Å²) in [4.78, 5) is 0. The van der Waals surface area contributed by atoms with Crippen molar-refractivity contribution in [1.29, 1.82) is 0 Å². The molecule has 0 N–H and O–H groups in total. The molecular weight excluding hydrogens is 369 g/mol. The second-order valence-electron chi connectivity index (χ2n) is 6.54. The predicted molar refractivity (Wildman–Crippen MR) is 116 cm³/mol. The standard InChI is InChI=1S/2C13H12O.Mg/c2*14-13-9-5-4-8-12(13)10-11-6-2-1-3-7-11;/h2*1-9,14H,10H2;/q;;+2/p-2. The van der Waals surface area contributed by atoms with Crippen molar-refractivity contribution >= 4 is 23.1 Å². The van der Waals surface area contributed by atoms with Crippen LogP contribution in [0.2, 0.25) is 0 Å². The largest absolute Gasteiger partial charge is 2.00 e. The van der Waals surface area contributed by atoms with Crippen LogP contribution in [-0.2, 0) is 12.8 Å². The van der Waals surface area contributed by atoms with Gasteiger partial charge in [-0.2, -0.15) is 0 Å². The summed E-state index contributed by atoms with van der Waals surface area (Å²) in [6.45, 7) is 0. The fourth-order valence-electron chi connectivity index (χ4n) is 2.93. The fourth-order valence-corrected chi connectivity index (χ4v) is 2.93. The molecule has 3 heteroatoms. The Balaban J connectivity index is 0.000000200. The molecule has 29 heavy (non-hydrogen) atoms. The fraction of sp³-hybridized carbons (Fsp3) is 0.0769. The molecule has 140 valence electrons. The van der Waals surface area contributed by atoms with Gasteiger partial charge in [0, 0.05) is 0 Å². The summed E-state index contributed by atoms with van der Waals surface area (Å²) in [5, 5.41) is 22.8. The summed E-state index contributed by atoms with van der Waals surface area (Å²) in [6, 6.07) is 34.4. The van der Waals surface area contributed by atoms with Gasteiger partial charge in [0.25, 0.3) is 0 Å². The molecule has 2 nitrogen and oxygen atoms in total. The Kier molecular flexibility index (Phi) is 9.28. The first kappa shape index (κ1) is 22.5. The average molecular weight is 391 g/mol. The second kappa shape index (κ2) is 11.9. The molecule has 0 heterocycles. The maximum Gasteiger partial charge on any atom is 2.00 e. The molecule has 0 aliphatic rings. The van der Waals surface area contributed by atoms with Gasteiger partial charge in [-0.3, -0.25) is 0 Å². The molecule has 0 radical (unpaired) electrons. The topological polar surface area (TPSA) is 46.1 Å². The summed E-state index contributed by atoms with van der Waals surface area (Å²) in [6.07, 6.45) is 1.45. The van der Waals surface area contributed by atoms with Gasteiger partial charge in [-0.05, 0) is 24.0 Å². The summed E-state index contributed by atoms with van der Waals surface area (Å²) in [7, 11) is 0. The molecule has 0 aliphatic heterocycles. The van der Waals surface area contributed by atoms with E-state index in [4.69, 9.17) is 0 Å². The van der Waals surface area contributed by atoms with Gasteiger partial charge >= 0.3 is 23.1 Å². The zero-order valence-electron chi connectivity index (χ0n) is 16.3. The molecule has 4 rings (SSSR count). The minimum absolute atomic E-state index is 0. The summed E-state index contributed by atoms with van der Waals surface area (Å²) >= 11 is 0. The van der Waals surface area contributed by atoms with Crippen LogP contribution in [0.4, 0.5) is 0 Å². The number of hydrogen-bond donors (Lipinski definition) is 0. The van der Waals surface area contributed by atoms with Gasteiger partial charge in [0.05, 0.1) is 0 Å². The Morgan fingerprint density at radius 2 is 0.724 bits per heavy atom. The molecular formula is C26H22MgO2. The van der Waals surface area contributed by atoms with Crippen LogP contribution in [0.5, 0.6) is 11.5 Å². The van der Waals surface area contributed by atoms with Crippen LogP contribution in [0.1, 0.15) is 22.3 Å². The van der Waals surface area contributed by atoms with Crippen molar-refractivity contribution in [2.24, 2.45) is 0 Å². The number of hydrogen-bond acceptors (Lipinski definition) is 2. The van der Waals surface area contributed by atoms with Crippen LogP contribution >= 0.6 is 0 Å². The average Bonchev–Trinajstić information content (AvgIpc) is 2.74. The third-order valence-corrected chi connectivity index (χ3v) is 4.42. The SMILES string of the molecule is [Mg+2].[O-]c1ccccc1Cc1ccccc1.[O-]c1ccccc1Cc1ccccc1. The van der Waals surface area contributed by atoms with Gasteiger partial charge in [-0.1, -0.05) is 120 Å². The molecule has 0 saturated carbocycles. The van der Waals surface area contributed by atoms with Crippen LogP contribution in [0.25, 0.3) is 0 Å². The maximum atomic E-state index is 11.4. The summed E-state index contributed by atoms with van der Waals surface area (Å²) in [5.41, 5.74) is 4.07. The van der Waals surface area contributed by atoms with Crippen LogP contribution in [0, 0.1) is 0 Å². The van der Waals surface area contributed by atoms with Gasteiger partial charge < -0.3 is 10.2 Å². The van der Waals surface area contributed by atoms with Gasteiger partial charge in [-0.25, -0.2) is 0 Å². The first-order valence-electron chi connectivity index (χ1n) is 9.30. The molecule has 0 aliphatic carbocycles. The second-order valence-corrected chi connectivity index (χ2v) is 6.54. The third-order valence-electron chi connectivity index (χ3n) is 4.42. The molecule has 0 atom stereocenters. The van der Waals surface area contributed by atoms with E-state index < -0.39 is 0 Å². The predicted octanol–water partition coefficient (Wildman–Crippen LogP) is 4.32. The van der Waals surface area contributed by atoms with E-state index in [-0.39, 0.29) is 34.6 Å². The zero-order valence-corrected chi connectivity index (χ0v) is 17.7. The van der Waals surface area contributed by atoms with E-state index in [1.165, 1.54) is 11.1 Å².